The van der Waals surface area contributed by atoms with Crippen molar-refractivity contribution < 1.29 is 18.8 Å². The van der Waals surface area contributed by atoms with E-state index in [1.54, 1.807) is 25.3 Å². The summed E-state index contributed by atoms with van der Waals surface area (Å²) < 4.78 is 17.2. The van der Waals surface area contributed by atoms with Crippen LogP contribution in [0, 0.1) is 0 Å². The Morgan fingerprint density at radius 1 is 1.09 bits per heavy atom. The second-order valence-electron chi connectivity index (χ2n) is 8.31. The van der Waals surface area contributed by atoms with Crippen molar-refractivity contribution in [3.8, 4) is 23.0 Å². The van der Waals surface area contributed by atoms with Crippen LogP contribution in [0.5, 0.6) is 11.5 Å². The van der Waals surface area contributed by atoms with Crippen molar-refractivity contribution >= 4 is 28.9 Å². The lowest BCUT2D eigenvalue weighted by Crippen LogP contribution is -2.24. The number of methoxy groups -OCH3 is 1. The number of benzene rings is 2. The van der Waals surface area contributed by atoms with Gasteiger partial charge < -0.3 is 14.0 Å². The van der Waals surface area contributed by atoms with Crippen LogP contribution in [0.25, 0.3) is 17.2 Å². The molecule has 2 aliphatic rings. The maximum Gasteiger partial charge on any atom is 0.259 e. The molecule has 1 fully saturated rings. The van der Waals surface area contributed by atoms with Gasteiger partial charge in [0, 0.05) is 10.6 Å². The molecule has 3 aromatic rings. The summed E-state index contributed by atoms with van der Waals surface area (Å²) in [4.78, 5) is 10.4. The first-order chi connectivity index (χ1) is 15.9. The number of nitrogens with one attached hydrogen (secondary N) is 1. The lowest BCUT2D eigenvalue weighted by atomic mass is 10.0. The van der Waals surface area contributed by atoms with Gasteiger partial charge in [-0.05, 0) is 75.1 Å². The van der Waals surface area contributed by atoms with Crippen LogP contribution in [0.2, 0.25) is 10.0 Å². The van der Waals surface area contributed by atoms with Gasteiger partial charge >= 0.3 is 0 Å². The quantitative estimate of drug-likeness (QED) is 0.445. The van der Waals surface area contributed by atoms with E-state index in [1.165, 1.54) is 12.8 Å². The number of nitrogens with zero attached hydrogens (tertiary/aromatic N) is 2. The maximum atomic E-state index is 6.28. The van der Waals surface area contributed by atoms with Gasteiger partial charge in [0.2, 0.25) is 5.82 Å². The first kappa shape index (κ1) is 22.1. The fourth-order valence-corrected chi connectivity index (χ4v) is 4.56. The Hall–Kier alpha value is -2.74. The van der Waals surface area contributed by atoms with Gasteiger partial charge in [-0.25, -0.2) is 0 Å². The molecule has 0 amide bonds. The van der Waals surface area contributed by atoms with Gasteiger partial charge in [0.25, 0.3) is 5.89 Å². The van der Waals surface area contributed by atoms with Crippen LogP contribution in [0.1, 0.15) is 44.0 Å². The van der Waals surface area contributed by atoms with Crippen molar-refractivity contribution in [1.82, 2.24) is 15.6 Å². The molecule has 33 heavy (non-hydrogen) atoms. The number of aromatic nitrogens is 2. The van der Waals surface area contributed by atoms with E-state index in [-0.39, 0.29) is 12.0 Å². The summed E-state index contributed by atoms with van der Waals surface area (Å²) in [5.74, 6) is 2.07. The van der Waals surface area contributed by atoms with Gasteiger partial charge in [-0.15, -0.1) is 0 Å². The van der Waals surface area contributed by atoms with Crippen LogP contribution in [0.15, 0.2) is 47.0 Å². The molecule has 1 aliphatic carbocycles. The fourth-order valence-electron chi connectivity index (χ4n) is 4.07. The predicted molar refractivity (Wildman–Crippen MR) is 125 cm³/mol. The van der Waals surface area contributed by atoms with Gasteiger partial charge in [0.15, 0.2) is 17.1 Å². The van der Waals surface area contributed by atoms with E-state index in [0.717, 1.165) is 29.9 Å². The highest BCUT2D eigenvalue weighted by Gasteiger charge is 2.38. The third kappa shape index (κ3) is 4.40. The van der Waals surface area contributed by atoms with E-state index < -0.39 is 5.60 Å². The minimum Gasteiger partial charge on any atom is -0.493 e. The number of rotatable bonds is 6. The van der Waals surface area contributed by atoms with Crippen molar-refractivity contribution in [3.05, 3.63) is 63.9 Å². The number of hydrogen-bond acceptors (Lipinski definition) is 7. The third-order valence-corrected chi connectivity index (χ3v) is 6.44. The van der Waals surface area contributed by atoms with Gasteiger partial charge in [0.05, 0.1) is 29.5 Å². The molecule has 9 heteroatoms. The highest BCUT2D eigenvalue weighted by Crippen LogP contribution is 2.38. The average Bonchev–Trinajstić information content (AvgIpc) is 3.55. The number of halogens is 2. The van der Waals surface area contributed by atoms with Gasteiger partial charge in [-0.2, -0.15) is 4.98 Å². The van der Waals surface area contributed by atoms with E-state index in [9.17, 15) is 0 Å². The minimum atomic E-state index is -0.942. The summed E-state index contributed by atoms with van der Waals surface area (Å²) in [5, 5.41) is 5.08. The molecular weight excluding hydrogens is 465 g/mol. The highest BCUT2D eigenvalue weighted by molar-refractivity contribution is 6.36. The van der Waals surface area contributed by atoms with Gasteiger partial charge in [-0.1, -0.05) is 28.4 Å². The predicted octanol–water partition coefficient (Wildman–Crippen LogP) is 6.16. The molecular formula is C24H23Cl2N3O4. The summed E-state index contributed by atoms with van der Waals surface area (Å²) in [5.41, 5.74) is 4.32. The first-order valence-electron chi connectivity index (χ1n) is 10.8. The van der Waals surface area contributed by atoms with E-state index >= 15 is 0 Å². The van der Waals surface area contributed by atoms with Gasteiger partial charge in [0.1, 0.15) is 0 Å². The van der Waals surface area contributed by atoms with E-state index in [4.69, 9.17) is 42.0 Å². The molecule has 7 nitrogen and oxygen atoms in total. The second kappa shape index (κ2) is 8.89. The second-order valence-corrected chi connectivity index (χ2v) is 9.15. The topological polar surface area (TPSA) is 78.6 Å². The molecule has 0 radical (unpaired) electrons. The molecule has 0 saturated heterocycles. The zero-order chi connectivity index (χ0) is 23.0. The van der Waals surface area contributed by atoms with Crippen LogP contribution in [-0.2, 0) is 10.4 Å². The lowest BCUT2D eigenvalue weighted by Gasteiger charge is -2.17. The molecule has 1 aliphatic heterocycles. The normalized spacial score (nSPS) is 20.5. The number of hydrogen-bond donors (Lipinski definition) is 1. The summed E-state index contributed by atoms with van der Waals surface area (Å²) in [6.07, 6.45) is 6.64. The van der Waals surface area contributed by atoms with Gasteiger partial charge in [-0.3, -0.25) is 10.3 Å². The fraction of sp³-hybridized carbons (Fsp3) is 0.333. The summed E-state index contributed by atoms with van der Waals surface area (Å²) in [6, 6.07) is 10.9. The van der Waals surface area contributed by atoms with Crippen LogP contribution >= 0.6 is 23.2 Å². The average molecular weight is 488 g/mol. The minimum absolute atomic E-state index is 0.221. The molecule has 2 heterocycles. The molecule has 1 unspecified atom stereocenters. The Morgan fingerprint density at radius 3 is 2.67 bits per heavy atom. The van der Waals surface area contributed by atoms with Crippen molar-refractivity contribution in [2.24, 2.45) is 0 Å². The Bertz CT molecular complexity index is 1210. The zero-order valence-corrected chi connectivity index (χ0v) is 19.7. The first-order valence-corrected chi connectivity index (χ1v) is 11.5. The van der Waals surface area contributed by atoms with E-state index in [2.05, 4.69) is 15.6 Å². The molecule has 1 saturated carbocycles. The Morgan fingerprint density at radius 2 is 1.91 bits per heavy atom. The lowest BCUT2D eigenvalue weighted by molar-refractivity contribution is -0.0319. The molecule has 1 aromatic heterocycles. The maximum absolute atomic E-state index is 6.28. The Labute approximate surface area is 201 Å². The van der Waals surface area contributed by atoms with Crippen LogP contribution in [0.3, 0.4) is 0 Å². The molecule has 1 N–H and O–H groups in total. The van der Waals surface area contributed by atoms with E-state index in [1.807, 2.05) is 31.2 Å². The highest BCUT2D eigenvalue weighted by atomic mass is 35.5. The van der Waals surface area contributed by atoms with Crippen LogP contribution in [-0.4, -0.2) is 23.4 Å². The van der Waals surface area contributed by atoms with Crippen molar-refractivity contribution in [2.75, 3.05) is 7.11 Å². The van der Waals surface area contributed by atoms with Crippen molar-refractivity contribution in [3.63, 3.8) is 0 Å². The molecule has 5 rings (SSSR count). The standard InChI is InChI=1S/C24H23Cl2N3O4/c1-24(23-27-22(32-29-23)17-9-8-15(25)12-18(17)26)13-19(28-33-24)14-7-10-20(30-2)21(11-14)31-16-5-3-4-6-16/h7-13,16,28H,3-6H2,1-2H3. The monoisotopic (exact) mass is 487 g/mol. The Balaban J connectivity index is 1.41. The van der Waals surface area contributed by atoms with E-state index in [0.29, 0.717) is 27.2 Å². The van der Waals surface area contributed by atoms with Crippen LogP contribution in [0.4, 0.5) is 0 Å². The third-order valence-electron chi connectivity index (χ3n) is 5.89. The van der Waals surface area contributed by atoms with Crippen molar-refractivity contribution in [1.29, 1.82) is 0 Å². The molecule has 2 aromatic carbocycles. The number of ether oxygens (including phenoxy) is 2. The molecule has 0 bridgehead atoms. The SMILES string of the molecule is COc1ccc(C2=CC(C)(c3noc(-c4ccc(Cl)cc4Cl)n3)ON2)cc1OC1CCCC1. The van der Waals surface area contributed by atoms with Crippen LogP contribution < -0.4 is 15.0 Å². The molecule has 1 atom stereocenters. The summed E-state index contributed by atoms with van der Waals surface area (Å²) in [7, 11) is 1.64. The smallest absolute Gasteiger partial charge is 0.259 e. The summed E-state index contributed by atoms with van der Waals surface area (Å²) >= 11 is 12.3. The Kier molecular flexibility index (Phi) is 5.95. The molecule has 0 spiro atoms. The number of hydroxylamine groups is 1. The largest absolute Gasteiger partial charge is 0.493 e. The summed E-state index contributed by atoms with van der Waals surface area (Å²) in [6.45, 7) is 1.85. The molecule has 172 valence electrons. The van der Waals surface area contributed by atoms with Crippen molar-refractivity contribution in [2.45, 2.75) is 44.3 Å². The zero-order valence-electron chi connectivity index (χ0n) is 18.2.